The first-order valence-corrected chi connectivity index (χ1v) is 10.8. The van der Waals surface area contributed by atoms with Crippen LogP contribution in [0.5, 0.6) is 5.75 Å². The standard InChI is InChI=1S/C22H26N2O5S/c1-14(25)29-17-10-5-3-8-15(17)20(26)24-22-19(21(27)23-12-7-13-28-2)16-9-4-6-11-18(16)30-22/h3,5,8,10H,4,6-7,9,11-13H2,1-2H3,(H,23,27)(H,24,26). The maximum absolute atomic E-state index is 13.0. The van der Waals surface area contributed by atoms with Gasteiger partial charge in [0.1, 0.15) is 10.8 Å². The van der Waals surface area contributed by atoms with Crippen molar-refractivity contribution in [1.29, 1.82) is 0 Å². The molecule has 0 radical (unpaired) electrons. The van der Waals surface area contributed by atoms with E-state index in [0.717, 1.165) is 36.1 Å². The van der Waals surface area contributed by atoms with Crippen LogP contribution in [-0.4, -0.2) is 38.0 Å². The van der Waals surface area contributed by atoms with Gasteiger partial charge in [-0.1, -0.05) is 12.1 Å². The van der Waals surface area contributed by atoms with E-state index < -0.39 is 11.9 Å². The Hall–Kier alpha value is -2.71. The smallest absolute Gasteiger partial charge is 0.308 e. The van der Waals surface area contributed by atoms with Crippen LogP contribution in [0.4, 0.5) is 5.00 Å². The number of benzene rings is 1. The first kappa shape index (κ1) is 22.0. The molecule has 0 aliphatic heterocycles. The number of carbonyl (C=O) groups is 3. The van der Waals surface area contributed by atoms with Crippen molar-refractivity contribution in [2.24, 2.45) is 0 Å². The molecule has 3 rings (SSSR count). The van der Waals surface area contributed by atoms with E-state index in [0.29, 0.717) is 30.1 Å². The Balaban J connectivity index is 1.85. The number of hydrogen-bond acceptors (Lipinski definition) is 6. The summed E-state index contributed by atoms with van der Waals surface area (Å²) in [4.78, 5) is 38.4. The summed E-state index contributed by atoms with van der Waals surface area (Å²) >= 11 is 1.45. The Morgan fingerprint density at radius 2 is 1.87 bits per heavy atom. The van der Waals surface area contributed by atoms with Crippen molar-refractivity contribution in [3.63, 3.8) is 0 Å². The summed E-state index contributed by atoms with van der Waals surface area (Å²) in [5.41, 5.74) is 1.81. The summed E-state index contributed by atoms with van der Waals surface area (Å²) in [5, 5.41) is 6.35. The molecule has 7 nitrogen and oxygen atoms in total. The highest BCUT2D eigenvalue weighted by atomic mass is 32.1. The zero-order valence-corrected chi connectivity index (χ0v) is 18.0. The summed E-state index contributed by atoms with van der Waals surface area (Å²) in [6.45, 7) is 2.35. The second-order valence-electron chi connectivity index (χ2n) is 7.06. The van der Waals surface area contributed by atoms with Crippen molar-refractivity contribution >= 4 is 34.1 Å². The van der Waals surface area contributed by atoms with Crippen LogP contribution in [0.3, 0.4) is 0 Å². The van der Waals surface area contributed by atoms with Crippen LogP contribution in [-0.2, 0) is 22.4 Å². The number of aryl methyl sites for hydroxylation is 1. The second kappa shape index (κ2) is 10.4. The molecule has 0 saturated carbocycles. The summed E-state index contributed by atoms with van der Waals surface area (Å²) < 4.78 is 10.2. The maximum atomic E-state index is 13.0. The van der Waals surface area contributed by atoms with E-state index in [9.17, 15) is 14.4 Å². The van der Waals surface area contributed by atoms with Crippen LogP contribution in [0.25, 0.3) is 0 Å². The van der Waals surface area contributed by atoms with Gasteiger partial charge in [-0.2, -0.15) is 0 Å². The number of thiophene rings is 1. The number of anilines is 1. The Bertz CT molecular complexity index is 938. The van der Waals surface area contributed by atoms with Gasteiger partial charge in [-0.25, -0.2) is 0 Å². The number of methoxy groups -OCH3 is 1. The van der Waals surface area contributed by atoms with Gasteiger partial charge < -0.3 is 20.1 Å². The van der Waals surface area contributed by atoms with E-state index >= 15 is 0 Å². The Kier molecular flexibility index (Phi) is 7.59. The molecule has 30 heavy (non-hydrogen) atoms. The van der Waals surface area contributed by atoms with Gasteiger partial charge in [0.2, 0.25) is 0 Å². The molecule has 0 saturated heterocycles. The third-order valence-electron chi connectivity index (χ3n) is 4.82. The highest BCUT2D eigenvalue weighted by molar-refractivity contribution is 7.17. The van der Waals surface area contributed by atoms with E-state index in [1.807, 2.05) is 0 Å². The fourth-order valence-corrected chi connectivity index (χ4v) is 4.75. The molecule has 1 heterocycles. The lowest BCUT2D eigenvalue weighted by molar-refractivity contribution is -0.131. The van der Waals surface area contributed by atoms with Crippen molar-refractivity contribution in [2.75, 3.05) is 25.6 Å². The van der Waals surface area contributed by atoms with Crippen LogP contribution in [0.2, 0.25) is 0 Å². The largest absolute Gasteiger partial charge is 0.426 e. The van der Waals surface area contributed by atoms with Gasteiger partial charge in [0, 0.05) is 32.1 Å². The Labute approximate surface area is 179 Å². The normalized spacial score (nSPS) is 12.7. The third-order valence-corrected chi connectivity index (χ3v) is 6.03. The van der Waals surface area contributed by atoms with Gasteiger partial charge in [-0.15, -0.1) is 11.3 Å². The summed E-state index contributed by atoms with van der Waals surface area (Å²) in [5.74, 6) is -0.916. The lowest BCUT2D eigenvalue weighted by Crippen LogP contribution is -2.27. The van der Waals surface area contributed by atoms with E-state index in [2.05, 4.69) is 10.6 Å². The number of nitrogens with one attached hydrogen (secondary N) is 2. The summed E-state index contributed by atoms with van der Waals surface area (Å²) in [7, 11) is 1.62. The average molecular weight is 431 g/mol. The van der Waals surface area contributed by atoms with Gasteiger partial charge in [-0.3, -0.25) is 14.4 Å². The quantitative estimate of drug-likeness (QED) is 0.379. The zero-order chi connectivity index (χ0) is 21.5. The number of rotatable bonds is 8. The molecule has 2 amide bonds. The minimum atomic E-state index is -0.502. The van der Waals surface area contributed by atoms with Crippen LogP contribution in [0, 0.1) is 0 Å². The van der Waals surface area contributed by atoms with Crippen molar-refractivity contribution in [3.05, 3.63) is 45.8 Å². The van der Waals surface area contributed by atoms with E-state index in [1.54, 1.807) is 31.4 Å². The van der Waals surface area contributed by atoms with Gasteiger partial charge in [0.25, 0.3) is 11.8 Å². The predicted molar refractivity (Wildman–Crippen MR) is 115 cm³/mol. The lowest BCUT2D eigenvalue weighted by Gasteiger charge is -2.13. The minimum Gasteiger partial charge on any atom is -0.426 e. The Morgan fingerprint density at radius 1 is 1.10 bits per heavy atom. The molecule has 2 N–H and O–H groups in total. The molecule has 1 aliphatic rings. The van der Waals surface area contributed by atoms with Crippen molar-refractivity contribution < 1.29 is 23.9 Å². The molecule has 0 unspecified atom stereocenters. The highest BCUT2D eigenvalue weighted by Crippen LogP contribution is 2.38. The number of amides is 2. The van der Waals surface area contributed by atoms with E-state index in [1.165, 1.54) is 18.3 Å². The fourth-order valence-electron chi connectivity index (χ4n) is 3.47. The van der Waals surface area contributed by atoms with Crippen LogP contribution in [0.1, 0.15) is 57.3 Å². The SMILES string of the molecule is COCCCNC(=O)c1c(NC(=O)c2ccccc2OC(C)=O)sc2c1CCCC2. The number of esters is 1. The second-order valence-corrected chi connectivity index (χ2v) is 8.17. The van der Waals surface area contributed by atoms with Crippen LogP contribution in [0.15, 0.2) is 24.3 Å². The number of ether oxygens (including phenoxy) is 2. The molecule has 0 bridgehead atoms. The topological polar surface area (TPSA) is 93.7 Å². The van der Waals surface area contributed by atoms with Gasteiger partial charge in [0.05, 0.1) is 11.1 Å². The average Bonchev–Trinajstić information content (AvgIpc) is 3.08. The van der Waals surface area contributed by atoms with Crippen molar-refractivity contribution in [2.45, 2.75) is 39.0 Å². The number of hydrogen-bond donors (Lipinski definition) is 2. The lowest BCUT2D eigenvalue weighted by atomic mass is 9.95. The first-order valence-electron chi connectivity index (χ1n) is 10.0. The minimum absolute atomic E-state index is 0.186. The van der Waals surface area contributed by atoms with Crippen LogP contribution < -0.4 is 15.4 Å². The molecule has 0 atom stereocenters. The number of carbonyl (C=O) groups excluding carboxylic acids is 3. The number of fused-ring (bicyclic) bond motifs is 1. The number of para-hydroxylation sites is 1. The molecule has 8 heteroatoms. The summed E-state index contributed by atoms with van der Waals surface area (Å²) in [6.07, 6.45) is 4.55. The molecule has 2 aromatic rings. The van der Waals surface area contributed by atoms with Crippen LogP contribution >= 0.6 is 11.3 Å². The van der Waals surface area contributed by atoms with Gasteiger partial charge in [0.15, 0.2) is 0 Å². The van der Waals surface area contributed by atoms with Gasteiger partial charge in [-0.05, 0) is 49.8 Å². The highest BCUT2D eigenvalue weighted by Gasteiger charge is 2.27. The molecular formula is C22H26N2O5S. The molecule has 160 valence electrons. The fraction of sp³-hybridized carbons (Fsp3) is 0.409. The maximum Gasteiger partial charge on any atom is 0.308 e. The van der Waals surface area contributed by atoms with Crippen molar-refractivity contribution in [1.82, 2.24) is 5.32 Å². The zero-order valence-electron chi connectivity index (χ0n) is 17.2. The van der Waals surface area contributed by atoms with Gasteiger partial charge >= 0.3 is 5.97 Å². The molecular weight excluding hydrogens is 404 g/mol. The third kappa shape index (κ3) is 5.25. The molecule has 1 aromatic carbocycles. The first-order chi connectivity index (χ1) is 14.5. The molecule has 1 aliphatic carbocycles. The molecule has 0 spiro atoms. The predicted octanol–water partition coefficient (Wildman–Crippen LogP) is 3.57. The Morgan fingerprint density at radius 3 is 2.63 bits per heavy atom. The summed E-state index contributed by atoms with van der Waals surface area (Å²) in [6, 6.07) is 6.55. The molecule has 1 aromatic heterocycles. The van der Waals surface area contributed by atoms with E-state index in [-0.39, 0.29) is 17.2 Å². The van der Waals surface area contributed by atoms with E-state index in [4.69, 9.17) is 9.47 Å². The van der Waals surface area contributed by atoms with Crippen molar-refractivity contribution in [3.8, 4) is 5.75 Å². The molecule has 0 fully saturated rings. The monoisotopic (exact) mass is 430 g/mol.